The summed E-state index contributed by atoms with van der Waals surface area (Å²) in [6, 6.07) is 10.1. The summed E-state index contributed by atoms with van der Waals surface area (Å²) in [5.41, 5.74) is 6.27. The summed E-state index contributed by atoms with van der Waals surface area (Å²) in [6.45, 7) is 6.70. The molecule has 47 heavy (non-hydrogen) atoms. The number of rotatable bonds is 7. The molecule has 4 aromatic rings. The molecule has 0 unspecified atom stereocenters. The van der Waals surface area contributed by atoms with Gasteiger partial charge in [0, 0.05) is 87.6 Å². The van der Waals surface area contributed by atoms with Gasteiger partial charge >= 0.3 is 0 Å². The van der Waals surface area contributed by atoms with Gasteiger partial charge in [-0.15, -0.1) is 0 Å². The molecular formula is C35H40N8O4. The van der Waals surface area contributed by atoms with Crippen molar-refractivity contribution in [3.05, 3.63) is 81.8 Å². The van der Waals surface area contributed by atoms with Crippen LogP contribution in [-0.4, -0.2) is 87.0 Å². The zero-order chi connectivity index (χ0) is 32.1. The van der Waals surface area contributed by atoms with Crippen molar-refractivity contribution in [2.24, 2.45) is 7.05 Å². The first-order valence-corrected chi connectivity index (χ1v) is 16.6. The Kier molecular flexibility index (Phi) is 7.78. The summed E-state index contributed by atoms with van der Waals surface area (Å²) in [6.07, 6.45) is 9.27. The maximum atomic E-state index is 13.8. The molecule has 0 spiro atoms. The third-order valence-corrected chi connectivity index (χ3v) is 10.2. The van der Waals surface area contributed by atoms with Crippen LogP contribution in [0.2, 0.25) is 0 Å². The number of anilines is 4. The summed E-state index contributed by atoms with van der Waals surface area (Å²) < 4.78 is 9.19. The van der Waals surface area contributed by atoms with Crippen LogP contribution in [0.3, 0.4) is 0 Å². The van der Waals surface area contributed by atoms with Gasteiger partial charge in [0.2, 0.25) is 0 Å². The van der Waals surface area contributed by atoms with Crippen molar-refractivity contribution in [3.63, 3.8) is 0 Å². The second kappa shape index (κ2) is 12.3. The van der Waals surface area contributed by atoms with Crippen LogP contribution in [0.25, 0.3) is 11.1 Å². The summed E-state index contributed by atoms with van der Waals surface area (Å²) in [7, 11) is 1.70. The molecule has 8 rings (SSSR count). The van der Waals surface area contributed by atoms with Crippen molar-refractivity contribution in [3.8, 4) is 11.1 Å². The Morgan fingerprint density at radius 3 is 2.55 bits per heavy atom. The lowest BCUT2D eigenvalue weighted by Gasteiger charge is -2.43. The number of hydrogen-bond donors (Lipinski definition) is 2. The van der Waals surface area contributed by atoms with E-state index >= 15 is 0 Å². The number of carbonyl (C=O) groups excluding carboxylic acids is 1. The maximum absolute atomic E-state index is 13.8. The molecule has 2 N–H and O–H groups in total. The minimum atomic E-state index is -0.307. The van der Waals surface area contributed by atoms with E-state index in [1.165, 1.54) is 10.3 Å². The second-order valence-electron chi connectivity index (χ2n) is 12.9. The molecule has 0 radical (unpaired) electrons. The monoisotopic (exact) mass is 636 g/mol. The van der Waals surface area contributed by atoms with Gasteiger partial charge < -0.3 is 29.2 Å². The molecule has 12 heteroatoms. The van der Waals surface area contributed by atoms with Gasteiger partial charge in [-0.25, -0.2) is 9.97 Å². The van der Waals surface area contributed by atoms with Crippen molar-refractivity contribution in [1.29, 1.82) is 0 Å². The summed E-state index contributed by atoms with van der Waals surface area (Å²) in [5.74, 6) is 0.933. The normalized spacial score (nSPS) is 18.6. The number of hydrogen-bond acceptors (Lipinski definition) is 9. The Morgan fingerprint density at radius 2 is 1.81 bits per heavy atom. The topological polar surface area (TPSA) is 121 Å². The smallest absolute Gasteiger partial charge is 0.274 e. The van der Waals surface area contributed by atoms with E-state index in [1.807, 2.05) is 30.5 Å². The van der Waals surface area contributed by atoms with E-state index in [4.69, 9.17) is 4.74 Å². The van der Waals surface area contributed by atoms with Crippen molar-refractivity contribution in [1.82, 2.24) is 24.0 Å². The molecule has 8 heterocycles. The number of amides is 1. The first kappa shape index (κ1) is 29.9. The highest BCUT2D eigenvalue weighted by molar-refractivity contribution is 6.08. The average molecular weight is 637 g/mol. The van der Waals surface area contributed by atoms with E-state index in [-0.39, 0.29) is 18.1 Å². The van der Waals surface area contributed by atoms with E-state index in [9.17, 15) is 14.7 Å². The fourth-order valence-electron chi connectivity index (χ4n) is 7.48. The highest BCUT2D eigenvalue weighted by Crippen LogP contribution is 2.35. The molecule has 0 atom stereocenters. The molecule has 1 amide bonds. The number of piperazine rings is 1. The van der Waals surface area contributed by atoms with Gasteiger partial charge in [0.05, 0.1) is 43.3 Å². The number of aliphatic hydroxyl groups excluding tert-OH is 1. The predicted octanol–water partition coefficient (Wildman–Crippen LogP) is 2.94. The third kappa shape index (κ3) is 5.39. The standard InChI is InChI=1S/C35H40N8O4/c1-39-19-23(16-30(35(39)46)38-32-6-5-25(18-37-32)40-12-14-41(15-13-40)26-21-47-22-26)27-7-9-36-33(29(27)20-44)43-11-8-31-28(34(43)45)17-24-4-2-3-10-42(24)31/h5-7,9,16-19,26,44H,2-4,8,10-15,20-22H2,1H3,(H,37,38). The number of fused-ring (bicyclic) bond motifs is 3. The van der Waals surface area contributed by atoms with Crippen molar-refractivity contribution >= 4 is 28.9 Å². The Labute approximate surface area is 273 Å². The van der Waals surface area contributed by atoms with Crippen LogP contribution in [0.15, 0.2) is 53.7 Å². The molecule has 0 saturated carbocycles. The molecule has 12 nitrogen and oxygen atoms in total. The van der Waals surface area contributed by atoms with Gasteiger partial charge in [-0.1, -0.05) is 0 Å². The van der Waals surface area contributed by atoms with Crippen molar-refractivity contribution < 1.29 is 14.6 Å². The Bertz CT molecular complexity index is 1870. The SMILES string of the molecule is Cn1cc(-c2ccnc(N3CCc4c(cc5n4CCCC5)C3=O)c2CO)cc(Nc2ccc(N3CCN(C4COC4)CC3)cn2)c1=O. The van der Waals surface area contributed by atoms with Gasteiger partial charge in [0.1, 0.15) is 17.3 Å². The van der Waals surface area contributed by atoms with Crippen LogP contribution >= 0.6 is 0 Å². The van der Waals surface area contributed by atoms with E-state index < -0.39 is 0 Å². The van der Waals surface area contributed by atoms with E-state index in [2.05, 4.69) is 29.7 Å². The number of aliphatic hydroxyl groups is 1. The highest BCUT2D eigenvalue weighted by atomic mass is 16.5. The number of aromatic nitrogens is 4. The number of pyridine rings is 3. The van der Waals surface area contributed by atoms with Crippen LogP contribution < -0.4 is 20.7 Å². The first-order chi connectivity index (χ1) is 23.0. The second-order valence-corrected chi connectivity index (χ2v) is 12.9. The highest BCUT2D eigenvalue weighted by Gasteiger charge is 2.33. The molecule has 4 aliphatic heterocycles. The quantitative estimate of drug-likeness (QED) is 0.316. The summed E-state index contributed by atoms with van der Waals surface area (Å²) >= 11 is 0. The number of carbonyl (C=O) groups is 1. The lowest BCUT2D eigenvalue weighted by atomic mass is 10.0. The van der Waals surface area contributed by atoms with Crippen molar-refractivity contribution in [2.75, 3.05) is 61.1 Å². The van der Waals surface area contributed by atoms with Crippen LogP contribution in [0.5, 0.6) is 0 Å². The van der Waals surface area contributed by atoms with E-state index in [0.29, 0.717) is 41.0 Å². The molecule has 0 bridgehead atoms. The van der Waals surface area contributed by atoms with Crippen LogP contribution in [0.1, 0.15) is 40.2 Å². The van der Waals surface area contributed by atoms with E-state index in [0.717, 1.165) is 94.1 Å². The minimum Gasteiger partial charge on any atom is -0.392 e. The molecule has 0 aliphatic carbocycles. The zero-order valence-corrected chi connectivity index (χ0v) is 26.7. The number of nitrogens with one attached hydrogen (secondary N) is 1. The number of nitrogens with zero attached hydrogens (tertiary/aromatic N) is 7. The van der Waals surface area contributed by atoms with Gasteiger partial charge in [-0.05, 0) is 55.2 Å². The lowest BCUT2D eigenvalue weighted by Crippen LogP contribution is -2.56. The number of aryl methyl sites for hydroxylation is 2. The largest absolute Gasteiger partial charge is 0.392 e. The van der Waals surface area contributed by atoms with Gasteiger partial charge in [0.15, 0.2) is 0 Å². The van der Waals surface area contributed by atoms with E-state index in [1.54, 1.807) is 30.4 Å². The third-order valence-electron chi connectivity index (χ3n) is 10.2. The molecule has 0 aromatic carbocycles. The van der Waals surface area contributed by atoms with Gasteiger partial charge in [-0.3, -0.25) is 19.4 Å². The Morgan fingerprint density at radius 1 is 0.957 bits per heavy atom. The molecule has 2 fully saturated rings. The molecule has 244 valence electrons. The fraction of sp³-hybridized carbons (Fsp3) is 0.429. The van der Waals surface area contributed by atoms with Crippen LogP contribution in [0.4, 0.5) is 23.0 Å². The summed E-state index contributed by atoms with van der Waals surface area (Å²) in [4.78, 5) is 42.8. The summed E-state index contributed by atoms with van der Waals surface area (Å²) in [5, 5.41) is 13.9. The van der Waals surface area contributed by atoms with Gasteiger partial charge in [-0.2, -0.15) is 0 Å². The molecular weight excluding hydrogens is 596 g/mol. The maximum Gasteiger partial charge on any atom is 0.274 e. The average Bonchev–Trinajstić information content (AvgIpc) is 3.46. The van der Waals surface area contributed by atoms with Crippen LogP contribution in [-0.2, 0) is 37.8 Å². The fourth-order valence-corrected chi connectivity index (χ4v) is 7.48. The molecule has 4 aromatic heterocycles. The molecule has 2 saturated heterocycles. The zero-order valence-electron chi connectivity index (χ0n) is 26.7. The molecule has 4 aliphatic rings. The van der Waals surface area contributed by atoms with Crippen LogP contribution in [0, 0.1) is 0 Å². The number of ether oxygens (including phenoxy) is 1. The Balaban J connectivity index is 1.04. The lowest BCUT2D eigenvalue weighted by molar-refractivity contribution is -0.0660. The van der Waals surface area contributed by atoms with Crippen molar-refractivity contribution in [2.45, 2.75) is 44.9 Å². The minimum absolute atomic E-state index is 0.0836. The first-order valence-electron chi connectivity index (χ1n) is 16.6. The Hall–Kier alpha value is -4.52. The predicted molar refractivity (Wildman–Crippen MR) is 179 cm³/mol. The van der Waals surface area contributed by atoms with Gasteiger partial charge in [0.25, 0.3) is 11.5 Å².